The van der Waals surface area contributed by atoms with Crippen LogP contribution < -0.4 is 14.2 Å². The second-order valence-corrected chi connectivity index (χ2v) is 6.74. The number of hydrogen-bond donors (Lipinski definition) is 1. The van der Waals surface area contributed by atoms with E-state index in [0.717, 1.165) is 5.56 Å². The number of hydrogen-bond acceptors (Lipinski definition) is 7. The third-order valence-corrected chi connectivity index (χ3v) is 4.89. The molecule has 0 unspecified atom stereocenters. The third kappa shape index (κ3) is 4.87. The average molecular weight is 402 g/mol. The Morgan fingerprint density at radius 3 is 2.31 bits per heavy atom. The molecule has 3 atom stereocenters. The van der Waals surface area contributed by atoms with Gasteiger partial charge in [-0.2, -0.15) is 0 Å². The zero-order valence-corrected chi connectivity index (χ0v) is 16.8. The lowest BCUT2D eigenvalue weighted by Gasteiger charge is -2.21. The Morgan fingerprint density at radius 1 is 1.07 bits per heavy atom. The van der Waals surface area contributed by atoms with Gasteiger partial charge in [0.05, 0.1) is 40.6 Å². The molecule has 1 heterocycles. The molecule has 0 radical (unpaired) electrons. The van der Waals surface area contributed by atoms with E-state index in [2.05, 4.69) is 0 Å². The fraction of sp³-hybridized carbons (Fsp3) is 0.409. The van der Waals surface area contributed by atoms with Crippen molar-refractivity contribution in [2.24, 2.45) is 0 Å². The molecule has 1 aliphatic rings. The third-order valence-electron chi connectivity index (χ3n) is 4.89. The zero-order valence-electron chi connectivity index (χ0n) is 16.8. The Kier molecular flexibility index (Phi) is 7.09. The number of benzene rings is 2. The van der Waals surface area contributed by atoms with Gasteiger partial charge in [-0.15, -0.1) is 0 Å². The van der Waals surface area contributed by atoms with E-state index in [1.54, 1.807) is 12.1 Å². The van der Waals surface area contributed by atoms with Crippen LogP contribution in [-0.4, -0.2) is 57.1 Å². The number of ketones is 1. The minimum Gasteiger partial charge on any atom is -0.493 e. The molecule has 7 nitrogen and oxygen atoms in total. The summed E-state index contributed by atoms with van der Waals surface area (Å²) in [5.74, 6) is 1.05. The van der Waals surface area contributed by atoms with E-state index in [1.165, 1.54) is 21.3 Å². The monoisotopic (exact) mass is 402 g/mol. The molecule has 1 saturated heterocycles. The summed E-state index contributed by atoms with van der Waals surface area (Å²) in [6.45, 7) is 0.466. The molecule has 7 heteroatoms. The summed E-state index contributed by atoms with van der Waals surface area (Å²) in [4.78, 5) is 12.9. The standard InChI is InChI=1S/C22H26O7/c1-25-18-9-15(10-19(26-2)22(18)27-3)16(23)11-20-21(17(24)13-28-20)29-12-14-7-5-4-6-8-14/h4-10,17,20-21,24H,11-13H2,1-3H3/t17-,20-,21-/m1/s1. The van der Waals surface area contributed by atoms with Crippen molar-refractivity contribution in [1.29, 1.82) is 0 Å². The van der Waals surface area contributed by atoms with Crippen LogP contribution in [0.3, 0.4) is 0 Å². The van der Waals surface area contributed by atoms with Crippen molar-refractivity contribution >= 4 is 5.78 Å². The SMILES string of the molecule is COc1cc(C(=O)C[C@H]2OC[C@@H](O)[C@H]2OCc2ccccc2)cc(OC)c1OC. The topological polar surface area (TPSA) is 83.5 Å². The quantitative estimate of drug-likeness (QED) is 0.646. The maximum Gasteiger partial charge on any atom is 0.203 e. The first-order chi connectivity index (χ1) is 14.1. The van der Waals surface area contributed by atoms with Crippen molar-refractivity contribution in [3.05, 3.63) is 53.6 Å². The van der Waals surface area contributed by atoms with Gasteiger partial charge in [-0.1, -0.05) is 30.3 Å². The number of carbonyl (C=O) groups is 1. The lowest BCUT2D eigenvalue weighted by molar-refractivity contribution is -0.0459. The van der Waals surface area contributed by atoms with Crippen LogP contribution in [0, 0.1) is 0 Å². The van der Waals surface area contributed by atoms with Crippen LogP contribution in [0.4, 0.5) is 0 Å². The van der Waals surface area contributed by atoms with Gasteiger partial charge in [0.1, 0.15) is 12.2 Å². The first-order valence-corrected chi connectivity index (χ1v) is 9.35. The van der Waals surface area contributed by atoms with Crippen LogP contribution in [0.1, 0.15) is 22.3 Å². The van der Waals surface area contributed by atoms with Gasteiger partial charge in [0.2, 0.25) is 5.75 Å². The highest BCUT2D eigenvalue weighted by atomic mass is 16.6. The highest BCUT2D eigenvalue weighted by molar-refractivity contribution is 5.97. The highest BCUT2D eigenvalue weighted by Crippen LogP contribution is 2.38. The molecule has 3 rings (SSSR count). The largest absolute Gasteiger partial charge is 0.493 e. The van der Waals surface area contributed by atoms with Crippen LogP contribution in [-0.2, 0) is 16.1 Å². The normalized spacial score (nSPS) is 21.0. The summed E-state index contributed by atoms with van der Waals surface area (Å²) in [5, 5.41) is 10.2. The molecular weight excluding hydrogens is 376 g/mol. The van der Waals surface area contributed by atoms with Crippen molar-refractivity contribution in [2.75, 3.05) is 27.9 Å². The lowest BCUT2D eigenvalue weighted by Crippen LogP contribution is -2.34. The Bertz CT molecular complexity index is 796. The molecule has 2 aromatic rings. The van der Waals surface area contributed by atoms with Gasteiger partial charge >= 0.3 is 0 Å². The summed E-state index contributed by atoms with van der Waals surface area (Å²) in [6, 6.07) is 12.9. The van der Waals surface area contributed by atoms with Gasteiger partial charge in [-0.05, 0) is 17.7 Å². The van der Waals surface area contributed by atoms with Gasteiger partial charge in [0, 0.05) is 12.0 Å². The second-order valence-electron chi connectivity index (χ2n) is 6.74. The fourth-order valence-electron chi connectivity index (χ4n) is 3.36. The predicted molar refractivity (Wildman–Crippen MR) is 106 cm³/mol. The van der Waals surface area contributed by atoms with Gasteiger partial charge in [-0.25, -0.2) is 0 Å². The van der Waals surface area contributed by atoms with Crippen molar-refractivity contribution in [2.45, 2.75) is 31.3 Å². The van der Waals surface area contributed by atoms with Gasteiger partial charge < -0.3 is 28.8 Å². The van der Waals surface area contributed by atoms with Crippen LogP contribution in [0.2, 0.25) is 0 Å². The first kappa shape index (κ1) is 21.1. The lowest BCUT2D eigenvalue weighted by atomic mass is 10.0. The molecule has 2 aromatic carbocycles. The minimum absolute atomic E-state index is 0.0646. The fourth-order valence-corrected chi connectivity index (χ4v) is 3.36. The van der Waals surface area contributed by atoms with Gasteiger partial charge in [0.25, 0.3) is 0 Å². The number of ether oxygens (including phenoxy) is 5. The molecular formula is C22H26O7. The van der Waals surface area contributed by atoms with Crippen molar-refractivity contribution in [1.82, 2.24) is 0 Å². The Labute approximate surface area is 170 Å². The van der Waals surface area contributed by atoms with E-state index in [0.29, 0.717) is 29.4 Å². The molecule has 0 spiro atoms. The molecule has 0 amide bonds. The average Bonchev–Trinajstić information content (AvgIpc) is 3.10. The highest BCUT2D eigenvalue weighted by Gasteiger charge is 2.38. The smallest absolute Gasteiger partial charge is 0.203 e. The molecule has 1 fully saturated rings. The number of rotatable bonds is 9. The molecule has 0 bridgehead atoms. The van der Waals surface area contributed by atoms with Crippen molar-refractivity contribution < 1.29 is 33.6 Å². The summed E-state index contributed by atoms with van der Waals surface area (Å²) in [5.41, 5.74) is 1.40. The molecule has 156 valence electrons. The number of aliphatic hydroxyl groups excluding tert-OH is 1. The summed E-state index contributed by atoms with van der Waals surface area (Å²) < 4.78 is 27.4. The summed E-state index contributed by atoms with van der Waals surface area (Å²) in [7, 11) is 4.50. The van der Waals surface area contributed by atoms with E-state index in [4.69, 9.17) is 23.7 Å². The molecule has 1 N–H and O–H groups in total. The maximum absolute atomic E-state index is 12.9. The molecule has 0 saturated carbocycles. The van der Waals surface area contributed by atoms with E-state index in [-0.39, 0.29) is 18.8 Å². The Hall–Kier alpha value is -2.61. The molecule has 0 aliphatic carbocycles. The van der Waals surface area contributed by atoms with Gasteiger partial charge in [0.15, 0.2) is 17.3 Å². The number of carbonyl (C=O) groups excluding carboxylic acids is 1. The second kappa shape index (κ2) is 9.73. The minimum atomic E-state index is -0.781. The first-order valence-electron chi connectivity index (χ1n) is 9.35. The van der Waals surface area contributed by atoms with E-state index >= 15 is 0 Å². The summed E-state index contributed by atoms with van der Waals surface area (Å²) in [6.07, 6.45) is -1.84. The van der Waals surface area contributed by atoms with Crippen LogP contribution in [0.5, 0.6) is 17.2 Å². The van der Waals surface area contributed by atoms with Crippen LogP contribution in [0.25, 0.3) is 0 Å². The van der Waals surface area contributed by atoms with Crippen molar-refractivity contribution in [3.63, 3.8) is 0 Å². The predicted octanol–water partition coefficient (Wildman–Crippen LogP) is 2.63. The van der Waals surface area contributed by atoms with Gasteiger partial charge in [-0.3, -0.25) is 4.79 Å². The number of methoxy groups -OCH3 is 3. The number of Topliss-reactive ketones (excluding diaryl/α,β-unsaturated/α-hetero) is 1. The Morgan fingerprint density at radius 2 is 1.72 bits per heavy atom. The maximum atomic E-state index is 12.9. The molecule has 0 aromatic heterocycles. The van der Waals surface area contributed by atoms with E-state index in [9.17, 15) is 9.90 Å². The molecule has 1 aliphatic heterocycles. The van der Waals surface area contributed by atoms with E-state index in [1.807, 2.05) is 30.3 Å². The summed E-state index contributed by atoms with van der Waals surface area (Å²) >= 11 is 0. The van der Waals surface area contributed by atoms with Crippen molar-refractivity contribution in [3.8, 4) is 17.2 Å². The Balaban J connectivity index is 1.71. The van der Waals surface area contributed by atoms with E-state index < -0.39 is 18.3 Å². The van der Waals surface area contributed by atoms with Crippen LogP contribution >= 0.6 is 0 Å². The number of aliphatic hydroxyl groups is 1. The van der Waals surface area contributed by atoms with Crippen LogP contribution in [0.15, 0.2) is 42.5 Å². The molecule has 29 heavy (non-hydrogen) atoms. The zero-order chi connectivity index (χ0) is 20.8.